The third-order valence-corrected chi connectivity index (χ3v) is 3.24. The number of aryl methyl sites for hydroxylation is 1. The molecule has 0 aliphatic carbocycles. The van der Waals surface area contributed by atoms with Crippen LogP contribution in [-0.2, 0) is 11.2 Å². The summed E-state index contributed by atoms with van der Waals surface area (Å²) in [4.78, 5) is 25.3. The summed E-state index contributed by atoms with van der Waals surface area (Å²) in [6.07, 6.45) is 0.812. The van der Waals surface area contributed by atoms with Gasteiger partial charge < -0.3 is 10.2 Å². The molecule has 0 unspecified atom stereocenters. The molecule has 0 atom stereocenters. The summed E-state index contributed by atoms with van der Waals surface area (Å²) in [6.45, 7) is 3.45. The standard InChI is InChI=1S/C15H18N4O2/c1-4-11-9-14(18-17-11)16-15(21)12-7-5-6-8-13(12)19(3)10(2)20/h5-9H,4H2,1-3H3,(H2,16,17,18,21). The van der Waals surface area contributed by atoms with Crippen LogP contribution in [0.3, 0.4) is 0 Å². The van der Waals surface area contributed by atoms with Crippen LogP contribution in [0.5, 0.6) is 0 Å². The number of nitrogens with zero attached hydrogens (tertiary/aromatic N) is 2. The molecule has 0 aliphatic rings. The minimum absolute atomic E-state index is 0.136. The van der Waals surface area contributed by atoms with Crippen molar-refractivity contribution >= 4 is 23.3 Å². The fraction of sp³-hybridized carbons (Fsp3) is 0.267. The Bertz CT molecular complexity index is 663. The first-order valence-corrected chi connectivity index (χ1v) is 6.72. The maximum Gasteiger partial charge on any atom is 0.258 e. The molecule has 0 spiro atoms. The molecular weight excluding hydrogens is 268 g/mol. The molecule has 1 heterocycles. The normalized spacial score (nSPS) is 10.2. The predicted octanol–water partition coefficient (Wildman–Crippen LogP) is 2.21. The smallest absolute Gasteiger partial charge is 0.258 e. The molecule has 21 heavy (non-hydrogen) atoms. The van der Waals surface area contributed by atoms with Crippen LogP contribution in [0.1, 0.15) is 29.9 Å². The van der Waals surface area contributed by atoms with Gasteiger partial charge in [-0.25, -0.2) is 0 Å². The molecule has 1 aromatic heterocycles. The van der Waals surface area contributed by atoms with E-state index in [4.69, 9.17) is 0 Å². The zero-order chi connectivity index (χ0) is 15.4. The average molecular weight is 286 g/mol. The third kappa shape index (κ3) is 3.28. The molecule has 0 radical (unpaired) electrons. The Morgan fingerprint density at radius 1 is 1.33 bits per heavy atom. The van der Waals surface area contributed by atoms with E-state index in [9.17, 15) is 9.59 Å². The number of rotatable bonds is 4. The lowest BCUT2D eigenvalue weighted by Crippen LogP contribution is -2.26. The highest BCUT2D eigenvalue weighted by molar-refractivity contribution is 6.10. The van der Waals surface area contributed by atoms with Gasteiger partial charge in [-0.2, -0.15) is 5.10 Å². The van der Waals surface area contributed by atoms with Gasteiger partial charge in [0.05, 0.1) is 11.3 Å². The first-order chi connectivity index (χ1) is 10.0. The molecule has 110 valence electrons. The average Bonchev–Trinajstić information content (AvgIpc) is 2.94. The summed E-state index contributed by atoms with van der Waals surface area (Å²) in [7, 11) is 1.64. The van der Waals surface area contributed by atoms with E-state index in [1.165, 1.54) is 11.8 Å². The minimum atomic E-state index is -0.298. The van der Waals surface area contributed by atoms with Gasteiger partial charge in [0.25, 0.3) is 5.91 Å². The molecule has 6 heteroatoms. The molecule has 0 saturated carbocycles. The van der Waals surface area contributed by atoms with E-state index in [2.05, 4.69) is 15.5 Å². The lowest BCUT2D eigenvalue weighted by Gasteiger charge is -2.18. The molecule has 2 N–H and O–H groups in total. The number of hydrogen-bond acceptors (Lipinski definition) is 3. The molecule has 2 rings (SSSR count). The van der Waals surface area contributed by atoms with Crippen LogP contribution in [0.25, 0.3) is 0 Å². The third-order valence-electron chi connectivity index (χ3n) is 3.24. The monoisotopic (exact) mass is 286 g/mol. The number of benzene rings is 1. The van der Waals surface area contributed by atoms with Gasteiger partial charge in [-0.05, 0) is 18.6 Å². The Hall–Kier alpha value is -2.63. The predicted molar refractivity (Wildman–Crippen MR) is 81.4 cm³/mol. The van der Waals surface area contributed by atoms with Gasteiger partial charge >= 0.3 is 0 Å². The first kappa shape index (κ1) is 14.8. The SMILES string of the molecule is CCc1cc(NC(=O)c2ccccc2N(C)C(C)=O)n[nH]1. The Balaban J connectivity index is 2.25. The van der Waals surface area contributed by atoms with E-state index in [1.807, 2.05) is 6.92 Å². The summed E-state index contributed by atoms with van der Waals surface area (Å²) < 4.78 is 0. The molecule has 0 fully saturated rings. The van der Waals surface area contributed by atoms with Crippen molar-refractivity contribution in [2.45, 2.75) is 20.3 Å². The Labute approximate surface area is 123 Å². The first-order valence-electron chi connectivity index (χ1n) is 6.72. The van der Waals surface area contributed by atoms with Crippen molar-refractivity contribution in [1.82, 2.24) is 10.2 Å². The number of aromatic nitrogens is 2. The van der Waals surface area contributed by atoms with Gasteiger partial charge in [-0.15, -0.1) is 0 Å². The topological polar surface area (TPSA) is 78.1 Å². The Morgan fingerprint density at radius 2 is 2.05 bits per heavy atom. The number of carbonyl (C=O) groups is 2. The Morgan fingerprint density at radius 3 is 2.67 bits per heavy atom. The lowest BCUT2D eigenvalue weighted by atomic mass is 10.1. The van der Waals surface area contributed by atoms with Crippen molar-refractivity contribution < 1.29 is 9.59 Å². The van der Waals surface area contributed by atoms with Crippen molar-refractivity contribution in [2.24, 2.45) is 0 Å². The fourth-order valence-corrected chi connectivity index (χ4v) is 1.92. The summed E-state index contributed by atoms with van der Waals surface area (Å²) >= 11 is 0. The van der Waals surface area contributed by atoms with Crippen LogP contribution in [0, 0.1) is 0 Å². The summed E-state index contributed by atoms with van der Waals surface area (Å²) in [5.41, 5.74) is 1.93. The number of anilines is 2. The van der Waals surface area contributed by atoms with E-state index in [0.29, 0.717) is 17.1 Å². The molecule has 2 amide bonds. The van der Waals surface area contributed by atoms with E-state index in [1.54, 1.807) is 37.4 Å². The van der Waals surface area contributed by atoms with Gasteiger partial charge in [-0.3, -0.25) is 14.7 Å². The zero-order valence-electron chi connectivity index (χ0n) is 12.3. The molecule has 1 aromatic carbocycles. The second kappa shape index (κ2) is 6.21. The number of aromatic amines is 1. The quantitative estimate of drug-likeness (QED) is 0.904. The van der Waals surface area contributed by atoms with E-state index in [-0.39, 0.29) is 11.8 Å². The largest absolute Gasteiger partial charge is 0.315 e. The van der Waals surface area contributed by atoms with Crippen molar-refractivity contribution in [3.8, 4) is 0 Å². The lowest BCUT2D eigenvalue weighted by molar-refractivity contribution is -0.116. The second-order valence-electron chi connectivity index (χ2n) is 4.68. The van der Waals surface area contributed by atoms with Gasteiger partial charge in [0.2, 0.25) is 5.91 Å². The van der Waals surface area contributed by atoms with Gasteiger partial charge in [-0.1, -0.05) is 19.1 Å². The van der Waals surface area contributed by atoms with Crippen LogP contribution in [0.4, 0.5) is 11.5 Å². The van der Waals surface area contributed by atoms with Crippen molar-refractivity contribution in [3.05, 3.63) is 41.6 Å². The van der Waals surface area contributed by atoms with Crippen LogP contribution in [0.15, 0.2) is 30.3 Å². The van der Waals surface area contributed by atoms with E-state index in [0.717, 1.165) is 12.1 Å². The molecule has 2 aromatic rings. The number of nitrogens with one attached hydrogen (secondary N) is 2. The van der Waals surface area contributed by atoms with Crippen molar-refractivity contribution in [2.75, 3.05) is 17.3 Å². The van der Waals surface area contributed by atoms with Gasteiger partial charge in [0, 0.05) is 25.7 Å². The summed E-state index contributed by atoms with van der Waals surface area (Å²) in [6, 6.07) is 8.74. The number of carbonyl (C=O) groups excluding carboxylic acids is 2. The molecule has 0 bridgehead atoms. The van der Waals surface area contributed by atoms with Gasteiger partial charge in [0.1, 0.15) is 0 Å². The molecule has 0 aliphatic heterocycles. The minimum Gasteiger partial charge on any atom is -0.315 e. The maximum atomic E-state index is 12.4. The zero-order valence-corrected chi connectivity index (χ0v) is 12.3. The van der Waals surface area contributed by atoms with E-state index >= 15 is 0 Å². The highest BCUT2D eigenvalue weighted by Crippen LogP contribution is 2.20. The highest BCUT2D eigenvalue weighted by Gasteiger charge is 2.16. The van der Waals surface area contributed by atoms with Crippen LogP contribution in [0.2, 0.25) is 0 Å². The second-order valence-corrected chi connectivity index (χ2v) is 4.68. The number of H-pyrrole nitrogens is 1. The maximum absolute atomic E-state index is 12.4. The van der Waals surface area contributed by atoms with Crippen LogP contribution < -0.4 is 10.2 Å². The Kier molecular flexibility index (Phi) is 4.37. The van der Waals surface area contributed by atoms with Crippen LogP contribution >= 0.6 is 0 Å². The number of amides is 2. The highest BCUT2D eigenvalue weighted by atomic mass is 16.2. The van der Waals surface area contributed by atoms with Crippen molar-refractivity contribution in [1.29, 1.82) is 0 Å². The number of para-hydroxylation sites is 1. The fourth-order valence-electron chi connectivity index (χ4n) is 1.92. The number of hydrogen-bond donors (Lipinski definition) is 2. The molecule has 0 saturated heterocycles. The van der Waals surface area contributed by atoms with Crippen molar-refractivity contribution in [3.63, 3.8) is 0 Å². The molecule has 6 nitrogen and oxygen atoms in total. The summed E-state index contributed by atoms with van der Waals surface area (Å²) in [5.74, 6) is 0.0354. The van der Waals surface area contributed by atoms with E-state index < -0.39 is 0 Å². The van der Waals surface area contributed by atoms with Gasteiger partial charge in [0.15, 0.2) is 5.82 Å². The molecular formula is C15H18N4O2. The summed E-state index contributed by atoms with van der Waals surface area (Å²) in [5, 5.41) is 9.59. The van der Waals surface area contributed by atoms with Crippen LogP contribution in [-0.4, -0.2) is 29.1 Å².